The molecule has 0 aromatic heterocycles. The molecule has 0 unspecified atom stereocenters. The van der Waals surface area contributed by atoms with Gasteiger partial charge in [0.1, 0.15) is 5.60 Å². The first kappa shape index (κ1) is 13.9. The molecule has 9 heteroatoms. The molecule has 19 heavy (non-hydrogen) atoms. The second-order valence-corrected chi connectivity index (χ2v) is 6.11. The summed E-state index contributed by atoms with van der Waals surface area (Å²) >= 11 is 0. The van der Waals surface area contributed by atoms with Gasteiger partial charge in [-0.1, -0.05) is 12.1 Å². The average Bonchev–Trinajstić information content (AvgIpc) is 2.34. The molecule has 0 radical (unpaired) electrons. The number of rotatable bonds is 5. The number of nitro benzene ring substituents is 1. The molecule has 1 aromatic carbocycles. The summed E-state index contributed by atoms with van der Waals surface area (Å²) < 4.78 is 26.2. The first-order chi connectivity index (χ1) is 8.84. The van der Waals surface area contributed by atoms with E-state index >= 15 is 0 Å². The molecule has 2 rings (SSSR count). The van der Waals surface area contributed by atoms with Gasteiger partial charge in [-0.3, -0.25) is 10.1 Å². The van der Waals surface area contributed by atoms with Crippen molar-refractivity contribution in [2.24, 2.45) is 0 Å². The third-order valence-electron chi connectivity index (χ3n) is 2.85. The summed E-state index contributed by atoms with van der Waals surface area (Å²) in [6.45, 7) is 0.382. The molecule has 1 aliphatic rings. The number of hydrogen-bond acceptors (Lipinski definition) is 6. The minimum absolute atomic E-state index is 0.186. The standard InChI is InChI=1S/C10H13N3O5S/c14-10(5-11-6-10)7-12-19(17,18)9-4-2-1-3-8(9)13(15)16/h1-4,11-12,14H,5-7H2. The Bertz CT molecular complexity index is 597. The van der Waals surface area contributed by atoms with Gasteiger partial charge < -0.3 is 10.4 Å². The largest absolute Gasteiger partial charge is 0.386 e. The molecule has 0 atom stereocenters. The summed E-state index contributed by atoms with van der Waals surface area (Å²) in [5.74, 6) is 0. The molecule has 1 saturated heterocycles. The quantitative estimate of drug-likeness (QED) is 0.482. The van der Waals surface area contributed by atoms with Gasteiger partial charge in [0.2, 0.25) is 10.0 Å². The van der Waals surface area contributed by atoms with Crippen LogP contribution in [-0.4, -0.2) is 43.7 Å². The third kappa shape index (κ3) is 2.89. The number of β-amino-alcohol motifs (C(OH)–C–C–N with tert-alkyl or cyclic N) is 1. The van der Waals surface area contributed by atoms with Gasteiger partial charge in [-0.25, -0.2) is 13.1 Å². The predicted octanol–water partition coefficient (Wildman–Crippen LogP) is -0.793. The molecule has 0 saturated carbocycles. The summed E-state index contributed by atoms with van der Waals surface area (Å²) in [6.07, 6.45) is 0. The molecular formula is C10H13N3O5S. The Morgan fingerprint density at radius 3 is 2.58 bits per heavy atom. The second kappa shape index (κ2) is 4.85. The van der Waals surface area contributed by atoms with Crippen LogP contribution in [0.3, 0.4) is 0 Å². The molecule has 0 amide bonds. The zero-order valence-electron chi connectivity index (χ0n) is 9.87. The van der Waals surface area contributed by atoms with Crippen molar-refractivity contribution in [3.8, 4) is 0 Å². The molecule has 1 fully saturated rings. The van der Waals surface area contributed by atoms with Gasteiger partial charge in [0.05, 0.1) is 4.92 Å². The molecule has 0 spiro atoms. The van der Waals surface area contributed by atoms with Crippen LogP contribution in [0, 0.1) is 10.1 Å². The van der Waals surface area contributed by atoms with Crippen molar-refractivity contribution in [3.05, 3.63) is 34.4 Å². The van der Waals surface area contributed by atoms with E-state index < -0.39 is 31.1 Å². The second-order valence-electron chi connectivity index (χ2n) is 4.38. The topological polar surface area (TPSA) is 122 Å². The molecule has 8 nitrogen and oxygen atoms in total. The highest BCUT2D eigenvalue weighted by molar-refractivity contribution is 7.89. The molecule has 1 aliphatic heterocycles. The minimum atomic E-state index is -4.02. The fraction of sp³-hybridized carbons (Fsp3) is 0.400. The molecule has 0 bridgehead atoms. The molecule has 1 aromatic rings. The predicted molar refractivity (Wildman–Crippen MR) is 66.1 cm³/mol. The lowest BCUT2D eigenvalue weighted by Crippen LogP contribution is -2.64. The molecule has 104 valence electrons. The Hall–Kier alpha value is -1.55. The van der Waals surface area contributed by atoms with Crippen LogP contribution in [-0.2, 0) is 10.0 Å². The van der Waals surface area contributed by atoms with Gasteiger partial charge in [0.25, 0.3) is 5.69 Å². The summed E-state index contributed by atoms with van der Waals surface area (Å²) in [5.41, 5.74) is -1.62. The maximum Gasteiger partial charge on any atom is 0.289 e. The summed E-state index contributed by atoms with van der Waals surface area (Å²) in [4.78, 5) is 9.63. The smallest absolute Gasteiger partial charge is 0.289 e. The highest BCUT2D eigenvalue weighted by Gasteiger charge is 2.36. The monoisotopic (exact) mass is 287 g/mol. The van der Waals surface area contributed by atoms with Crippen LogP contribution >= 0.6 is 0 Å². The van der Waals surface area contributed by atoms with E-state index in [1.165, 1.54) is 12.1 Å². The maximum atomic E-state index is 12.0. The Balaban J connectivity index is 2.22. The number of para-hydroxylation sites is 1. The number of sulfonamides is 1. The third-order valence-corrected chi connectivity index (χ3v) is 4.30. The van der Waals surface area contributed by atoms with Crippen molar-refractivity contribution in [1.29, 1.82) is 0 Å². The van der Waals surface area contributed by atoms with Gasteiger partial charge in [-0.05, 0) is 6.07 Å². The van der Waals surface area contributed by atoms with Crippen LogP contribution in [0.4, 0.5) is 5.69 Å². The number of nitrogens with one attached hydrogen (secondary N) is 2. The number of hydrogen-bond donors (Lipinski definition) is 3. The molecular weight excluding hydrogens is 274 g/mol. The van der Waals surface area contributed by atoms with Crippen molar-refractivity contribution in [2.75, 3.05) is 19.6 Å². The van der Waals surface area contributed by atoms with Crippen molar-refractivity contribution < 1.29 is 18.4 Å². The number of nitrogens with zero attached hydrogens (tertiary/aromatic N) is 1. The van der Waals surface area contributed by atoms with Crippen molar-refractivity contribution in [3.63, 3.8) is 0 Å². The Labute approximate surface area is 109 Å². The van der Waals surface area contributed by atoms with Crippen LogP contribution in [0.2, 0.25) is 0 Å². The van der Waals surface area contributed by atoms with Gasteiger partial charge in [-0.15, -0.1) is 0 Å². The van der Waals surface area contributed by atoms with E-state index in [-0.39, 0.29) is 19.6 Å². The highest BCUT2D eigenvalue weighted by Crippen LogP contribution is 2.23. The minimum Gasteiger partial charge on any atom is -0.386 e. The van der Waals surface area contributed by atoms with Gasteiger partial charge in [-0.2, -0.15) is 0 Å². The van der Waals surface area contributed by atoms with Crippen LogP contribution in [0.25, 0.3) is 0 Å². The normalized spacial score (nSPS) is 17.7. The van der Waals surface area contributed by atoms with Gasteiger partial charge >= 0.3 is 0 Å². The van der Waals surface area contributed by atoms with E-state index in [0.717, 1.165) is 12.1 Å². The fourth-order valence-corrected chi connectivity index (χ4v) is 2.97. The summed E-state index contributed by atoms with van der Waals surface area (Å²) in [6, 6.07) is 5.07. The lowest BCUT2D eigenvalue weighted by Gasteiger charge is -2.37. The van der Waals surface area contributed by atoms with E-state index in [1.807, 2.05) is 0 Å². The van der Waals surface area contributed by atoms with E-state index in [4.69, 9.17) is 0 Å². The van der Waals surface area contributed by atoms with Crippen LogP contribution in [0.15, 0.2) is 29.2 Å². The van der Waals surface area contributed by atoms with Crippen molar-refractivity contribution in [2.45, 2.75) is 10.5 Å². The maximum absolute atomic E-state index is 12.0. The van der Waals surface area contributed by atoms with E-state index in [0.29, 0.717) is 0 Å². The zero-order valence-corrected chi connectivity index (χ0v) is 10.7. The Kier molecular flexibility index (Phi) is 3.54. The van der Waals surface area contributed by atoms with Crippen molar-refractivity contribution >= 4 is 15.7 Å². The lowest BCUT2D eigenvalue weighted by molar-refractivity contribution is -0.387. The van der Waals surface area contributed by atoms with E-state index in [9.17, 15) is 23.6 Å². The fourth-order valence-electron chi connectivity index (χ4n) is 1.68. The zero-order chi connectivity index (χ0) is 14.1. The Morgan fingerprint density at radius 2 is 2.05 bits per heavy atom. The Morgan fingerprint density at radius 1 is 1.42 bits per heavy atom. The highest BCUT2D eigenvalue weighted by atomic mass is 32.2. The number of nitro groups is 1. The number of aliphatic hydroxyl groups is 1. The van der Waals surface area contributed by atoms with Gasteiger partial charge in [0, 0.05) is 25.7 Å². The van der Waals surface area contributed by atoms with Gasteiger partial charge in [0.15, 0.2) is 4.90 Å². The number of benzene rings is 1. The molecule has 1 heterocycles. The van der Waals surface area contributed by atoms with E-state index in [2.05, 4.69) is 10.0 Å². The first-order valence-corrected chi connectivity index (χ1v) is 6.99. The summed E-state index contributed by atoms with van der Waals surface area (Å²) in [5, 5.41) is 23.4. The molecule has 0 aliphatic carbocycles. The lowest BCUT2D eigenvalue weighted by atomic mass is 9.98. The summed E-state index contributed by atoms with van der Waals surface area (Å²) in [7, 11) is -4.02. The average molecular weight is 287 g/mol. The first-order valence-electron chi connectivity index (χ1n) is 5.50. The van der Waals surface area contributed by atoms with Crippen LogP contribution in [0.1, 0.15) is 0 Å². The van der Waals surface area contributed by atoms with Crippen LogP contribution < -0.4 is 10.0 Å². The van der Waals surface area contributed by atoms with Crippen molar-refractivity contribution in [1.82, 2.24) is 10.0 Å². The van der Waals surface area contributed by atoms with E-state index in [1.54, 1.807) is 0 Å². The SMILES string of the molecule is O=[N+]([O-])c1ccccc1S(=O)(=O)NCC1(O)CNC1. The molecule has 3 N–H and O–H groups in total. The van der Waals surface area contributed by atoms with Crippen LogP contribution in [0.5, 0.6) is 0 Å².